The molecule has 0 aromatic carbocycles. The average Bonchev–Trinajstić information content (AvgIpc) is 2.89. The van der Waals surface area contributed by atoms with Crippen LogP contribution in [-0.4, -0.2) is 28.4 Å². The largest absolute Gasteiger partial charge is 0.618 e. The molecule has 1 aromatic heterocycles. The molecule has 5 heteroatoms. The van der Waals surface area contributed by atoms with Crippen LogP contribution in [0, 0.1) is 5.21 Å². The van der Waals surface area contributed by atoms with Gasteiger partial charge in [0.1, 0.15) is 0 Å². The first-order valence-corrected chi connectivity index (χ1v) is 6.30. The number of hydrogen-bond donors (Lipinski definition) is 0. The van der Waals surface area contributed by atoms with Crippen LogP contribution in [0.5, 0.6) is 0 Å². The van der Waals surface area contributed by atoms with Crippen molar-refractivity contribution in [3.05, 3.63) is 39.9 Å². The Morgan fingerprint density at radius 1 is 1.41 bits per heavy atom. The Kier molecular flexibility index (Phi) is 2.20. The Bertz CT molecular complexity index is 504. The normalized spacial score (nSPS) is 31.1. The lowest BCUT2D eigenvalue weighted by Crippen LogP contribution is -2.28. The minimum absolute atomic E-state index is 0.339. The fraction of sp³-hybridized carbons (Fsp3) is 0.417. The summed E-state index contributed by atoms with van der Waals surface area (Å²) in [5.74, 6) is -0.665. The standard InChI is InChI=1S/C12H13NO3S/c1-7-10-11(16-12(2,3)15-10)9(13(7)14)8-5-4-6-17-8/h4-6,10-11H,1H2,2-3H3/t10-,11+/m1/s1. The van der Waals surface area contributed by atoms with Crippen LogP contribution < -0.4 is 0 Å². The van der Waals surface area contributed by atoms with Crippen LogP contribution in [-0.2, 0) is 9.47 Å². The van der Waals surface area contributed by atoms with Gasteiger partial charge in [-0.2, -0.15) is 4.74 Å². The van der Waals surface area contributed by atoms with Gasteiger partial charge in [-0.25, -0.2) is 0 Å². The molecule has 3 heterocycles. The highest BCUT2D eigenvalue weighted by Crippen LogP contribution is 2.38. The van der Waals surface area contributed by atoms with Crippen molar-refractivity contribution in [1.82, 2.24) is 0 Å². The number of nitrogens with zero attached hydrogens (tertiary/aromatic N) is 1. The molecule has 2 aliphatic rings. The monoisotopic (exact) mass is 251 g/mol. The van der Waals surface area contributed by atoms with Crippen LogP contribution in [0.4, 0.5) is 0 Å². The van der Waals surface area contributed by atoms with Gasteiger partial charge in [-0.15, -0.1) is 11.3 Å². The molecule has 0 N–H and O–H groups in total. The van der Waals surface area contributed by atoms with Crippen molar-refractivity contribution in [2.75, 3.05) is 0 Å². The van der Waals surface area contributed by atoms with E-state index in [9.17, 15) is 5.21 Å². The summed E-state index contributed by atoms with van der Waals surface area (Å²) in [6.07, 6.45) is -0.701. The maximum absolute atomic E-state index is 12.1. The molecule has 0 radical (unpaired) electrons. The van der Waals surface area contributed by atoms with Crippen molar-refractivity contribution in [3.8, 4) is 0 Å². The van der Waals surface area contributed by atoms with Gasteiger partial charge in [0.2, 0.25) is 11.4 Å². The van der Waals surface area contributed by atoms with Crippen LogP contribution in [0.2, 0.25) is 0 Å². The lowest BCUT2D eigenvalue weighted by atomic mass is 10.1. The fourth-order valence-corrected chi connectivity index (χ4v) is 3.04. The van der Waals surface area contributed by atoms with Gasteiger partial charge in [-0.1, -0.05) is 6.07 Å². The molecular formula is C12H13NO3S. The molecule has 0 saturated carbocycles. The summed E-state index contributed by atoms with van der Waals surface area (Å²) in [6, 6.07) is 3.83. The first-order chi connectivity index (χ1) is 7.99. The number of rotatable bonds is 1. The molecule has 4 nitrogen and oxygen atoms in total. The molecule has 1 saturated heterocycles. The van der Waals surface area contributed by atoms with Crippen LogP contribution in [0.15, 0.2) is 29.8 Å². The minimum Gasteiger partial charge on any atom is -0.618 e. The Morgan fingerprint density at radius 3 is 2.76 bits per heavy atom. The first-order valence-electron chi connectivity index (χ1n) is 5.42. The van der Waals surface area contributed by atoms with Crippen LogP contribution in [0.3, 0.4) is 0 Å². The summed E-state index contributed by atoms with van der Waals surface area (Å²) in [4.78, 5) is 0.912. The van der Waals surface area contributed by atoms with Crippen LogP contribution in [0.25, 0.3) is 0 Å². The van der Waals surface area contributed by atoms with E-state index < -0.39 is 5.79 Å². The van der Waals surface area contributed by atoms with Gasteiger partial charge in [0.05, 0.1) is 4.88 Å². The van der Waals surface area contributed by atoms with Gasteiger partial charge >= 0.3 is 0 Å². The third-order valence-electron chi connectivity index (χ3n) is 2.95. The van der Waals surface area contributed by atoms with E-state index >= 15 is 0 Å². The van der Waals surface area contributed by atoms with E-state index in [1.165, 1.54) is 11.3 Å². The van der Waals surface area contributed by atoms with E-state index in [4.69, 9.17) is 9.47 Å². The zero-order valence-corrected chi connectivity index (χ0v) is 10.5. The van der Waals surface area contributed by atoms with Crippen LogP contribution in [0.1, 0.15) is 18.7 Å². The van der Waals surface area contributed by atoms with E-state index in [1.807, 2.05) is 31.4 Å². The van der Waals surface area contributed by atoms with Gasteiger partial charge in [0.15, 0.2) is 18.0 Å². The topological polar surface area (TPSA) is 44.5 Å². The maximum atomic E-state index is 12.1. The van der Waals surface area contributed by atoms with Gasteiger partial charge in [0.25, 0.3) is 0 Å². The SMILES string of the molecule is C=C1[C@H]2OC(C)(C)O[C@H]2C(c2cccs2)=[N+]1[O-]. The summed E-state index contributed by atoms with van der Waals surface area (Å²) < 4.78 is 12.3. The first kappa shape index (κ1) is 11.0. The van der Waals surface area contributed by atoms with Crippen molar-refractivity contribution >= 4 is 17.0 Å². The number of hydrogen-bond acceptors (Lipinski definition) is 4. The van der Waals surface area contributed by atoms with E-state index in [0.29, 0.717) is 11.4 Å². The summed E-state index contributed by atoms with van der Waals surface area (Å²) in [5.41, 5.74) is 1.03. The number of hydroxylamine groups is 1. The second-order valence-electron chi connectivity index (χ2n) is 4.62. The predicted molar refractivity (Wildman–Crippen MR) is 65.0 cm³/mol. The van der Waals surface area contributed by atoms with Crippen molar-refractivity contribution < 1.29 is 14.2 Å². The highest BCUT2D eigenvalue weighted by Gasteiger charge is 2.55. The third kappa shape index (κ3) is 1.54. The fourth-order valence-electron chi connectivity index (χ4n) is 2.26. The van der Waals surface area contributed by atoms with E-state index in [-0.39, 0.29) is 12.2 Å². The molecule has 0 aliphatic carbocycles. The minimum atomic E-state index is -0.665. The van der Waals surface area contributed by atoms with Gasteiger partial charge in [-0.05, 0) is 31.9 Å². The smallest absolute Gasteiger partial charge is 0.242 e. The molecule has 2 atom stereocenters. The van der Waals surface area contributed by atoms with Crippen molar-refractivity contribution in [2.45, 2.75) is 31.8 Å². The molecule has 0 unspecified atom stereocenters. The second-order valence-corrected chi connectivity index (χ2v) is 5.57. The molecule has 1 fully saturated rings. The summed E-state index contributed by atoms with van der Waals surface area (Å²) in [7, 11) is 0. The Hall–Kier alpha value is -1.17. The highest BCUT2D eigenvalue weighted by atomic mass is 32.1. The molecule has 0 amide bonds. The zero-order valence-electron chi connectivity index (χ0n) is 9.67. The molecular weight excluding hydrogens is 238 g/mol. The summed E-state index contributed by atoms with van der Waals surface area (Å²) >= 11 is 1.52. The van der Waals surface area contributed by atoms with E-state index in [0.717, 1.165) is 9.62 Å². The molecule has 0 bridgehead atoms. The second kappa shape index (κ2) is 3.41. The molecule has 1 aromatic rings. The van der Waals surface area contributed by atoms with E-state index in [1.54, 1.807) is 0 Å². The predicted octanol–water partition coefficient (Wildman–Crippen LogP) is 2.09. The highest BCUT2D eigenvalue weighted by molar-refractivity contribution is 7.12. The maximum Gasteiger partial charge on any atom is 0.242 e. The lowest BCUT2D eigenvalue weighted by molar-refractivity contribution is -0.406. The van der Waals surface area contributed by atoms with Crippen LogP contribution >= 0.6 is 11.3 Å². The summed E-state index contributed by atoms with van der Waals surface area (Å²) in [5, 5.41) is 14.0. The lowest BCUT2D eigenvalue weighted by Gasteiger charge is -2.18. The average molecular weight is 251 g/mol. The van der Waals surface area contributed by atoms with Crippen molar-refractivity contribution in [3.63, 3.8) is 0 Å². The summed E-state index contributed by atoms with van der Waals surface area (Å²) in [6.45, 7) is 7.49. The molecule has 90 valence electrons. The third-order valence-corrected chi connectivity index (χ3v) is 3.84. The molecule has 3 rings (SSSR count). The molecule has 2 aliphatic heterocycles. The quantitative estimate of drug-likeness (QED) is 0.567. The molecule has 0 spiro atoms. The Labute approximate surface area is 103 Å². The van der Waals surface area contributed by atoms with Crippen molar-refractivity contribution in [2.24, 2.45) is 0 Å². The van der Waals surface area contributed by atoms with E-state index in [2.05, 4.69) is 6.58 Å². The Balaban J connectivity index is 2.06. The number of thiophene rings is 1. The van der Waals surface area contributed by atoms with Gasteiger partial charge < -0.3 is 14.7 Å². The zero-order chi connectivity index (χ0) is 12.2. The van der Waals surface area contributed by atoms with Gasteiger partial charge in [-0.3, -0.25) is 0 Å². The van der Waals surface area contributed by atoms with Gasteiger partial charge in [0, 0.05) is 0 Å². The van der Waals surface area contributed by atoms with Crippen molar-refractivity contribution in [1.29, 1.82) is 0 Å². The Morgan fingerprint density at radius 2 is 2.12 bits per heavy atom. The number of fused-ring (bicyclic) bond motifs is 1. The number of ether oxygens (including phenoxy) is 2. The molecule has 17 heavy (non-hydrogen) atoms.